The minimum absolute atomic E-state index is 0.227. The Morgan fingerprint density at radius 1 is 1.47 bits per heavy atom. The molecule has 0 amide bonds. The highest BCUT2D eigenvalue weighted by molar-refractivity contribution is 5.69. The van der Waals surface area contributed by atoms with Gasteiger partial charge in [-0.1, -0.05) is 20.3 Å². The number of nitrogens with zero attached hydrogens (tertiary/aromatic N) is 1. The Labute approximate surface area is 102 Å². The fourth-order valence-corrected chi connectivity index (χ4v) is 1.74. The van der Waals surface area contributed by atoms with E-state index in [1.165, 1.54) is 13.2 Å². The summed E-state index contributed by atoms with van der Waals surface area (Å²) >= 11 is 0. The molecule has 17 heavy (non-hydrogen) atoms. The van der Waals surface area contributed by atoms with Crippen molar-refractivity contribution in [3.05, 3.63) is 17.9 Å². The van der Waals surface area contributed by atoms with Crippen molar-refractivity contribution in [2.24, 2.45) is 5.92 Å². The molecule has 1 rings (SSSR count). The Morgan fingerprint density at radius 2 is 2.12 bits per heavy atom. The van der Waals surface area contributed by atoms with Crippen molar-refractivity contribution in [2.75, 3.05) is 31.3 Å². The molecule has 0 spiro atoms. The molecule has 1 aromatic rings. The van der Waals surface area contributed by atoms with Crippen molar-refractivity contribution in [1.82, 2.24) is 0 Å². The first-order chi connectivity index (χ1) is 7.99. The predicted octanol–water partition coefficient (Wildman–Crippen LogP) is 2.90. The molecule has 0 saturated heterocycles. The van der Waals surface area contributed by atoms with Crippen LogP contribution in [0.25, 0.3) is 0 Å². The molecular formula is C13H21FN2O. The lowest BCUT2D eigenvalue weighted by molar-refractivity contribution is 0.386. The van der Waals surface area contributed by atoms with Crippen LogP contribution in [-0.4, -0.2) is 20.7 Å². The molecule has 1 aromatic carbocycles. The first-order valence-corrected chi connectivity index (χ1v) is 5.83. The summed E-state index contributed by atoms with van der Waals surface area (Å²) in [6.07, 6.45) is 1.10. The summed E-state index contributed by atoms with van der Waals surface area (Å²) in [5, 5.41) is 0. The minimum Gasteiger partial charge on any atom is -0.494 e. The van der Waals surface area contributed by atoms with Gasteiger partial charge >= 0.3 is 0 Å². The average molecular weight is 240 g/mol. The monoisotopic (exact) mass is 240 g/mol. The second-order valence-corrected chi connectivity index (χ2v) is 4.44. The molecule has 2 N–H and O–H groups in total. The number of methoxy groups -OCH3 is 1. The largest absolute Gasteiger partial charge is 0.494 e. The van der Waals surface area contributed by atoms with E-state index in [-0.39, 0.29) is 5.75 Å². The van der Waals surface area contributed by atoms with Gasteiger partial charge in [-0.3, -0.25) is 0 Å². The van der Waals surface area contributed by atoms with Gasteiger partial charge in [0.05, 0.1) is 18.5 Å². The lowest BCUT2D eigenvalue weighted by Gasteiger charge is -2.24. The van der Waals surface area contributed by atoms with Crippen LogP contribution in [0, 0.1) is 11.7 Å². The highest BCUT2D eigenvalue weighted by Gasteiger charge is 2.13. The zero-order valence-corrected chi connectivity index (χ0v) is 11.0. The van der Waals surface area contributed by atoms with Gasteiger partial charge in [-0.15, -0.1) is 0 Å². The second kappa shape index (κ2) is 5.75. The second-order valence-electron chi connectivity index (χ2n) is 4.44. The Kier molecular flexibility index (Phi) is 4.61. The standard InChI is InChI=1S/C13H21FN2O/c1-5-9(2)8-16(3)12-7-13(17-4)10(14)6-11(12)15/h6-7,9H,5,8,15H2,1-4H3. The maximum atomic E-state index is 13.4. The maximum absolute atomic E-state index is 13.4. The molecular weight excluding hydrogens is 219 g/mol. The van der Waals surface area contributed by atoms with Crippen LogP contribution >= 0.6 is 0 Å². The van der Waals surface area contributed by atoms with Gasteiger partial charge in [0.25, 0.3) is 0 Å². The van der Waals surface area contributed by atoms with Crippen molar-refractivity contribution in [2.45, 2.75) is 20.3 Å². The topological polar surface area (TPSA) is 38.5 Å². The highest BCUT2D eigenvalue weighted by Crippen LogP contribution is 2.30. The minimum atomic E-state index is -0.425. The number of nitrogen functional groups attached to an aromatic ring is 1. The Bertz CT molecular complexity index is 382. The normalized spacial score (nSPS) is 12.3. The Morgan fingerprint density at radius 3 is 2.65 bits per heavy atom. The van der Waals surface area contributed by atoms with E-state index in [9.17, 15) is 4.39 Å². The van der Waals surface area contributed by atoms with Crippen molar-refractivity contribution in [3.63, 3.8) is 0 Å². The van der Waals surface area contributed by atoms with Crippen molar-refractivity contribution in [3.8, 4) is 5.75 Å². The number of rotatable bonds is 5. The molecule has 0 radical (unpaired) electrons. The Balaban J connectivity index is 2.96. The van der Waals surface area contributed by atoms with Gasteiger partial charge in [-0.05, 0) is 5.92 Å². The van der Waals surface area contributed by atoms with Crippen LogP contribution in [0.4, 0.5) is 15.8 Å². The number of halogens is 1. The third-order valence-corrected chi connectivity index (χ3v) is 2.99. The Hall–Kier alpha value is -1.45. The smallest absolute Gasteiger partial charge is 0.167 e. The van der Waals surface area contributed by atoms with Crippen LogP contribution in [0.3, 0.4) is 0 Å². The molecule has 0 aliphatic heterocycles. The van der Waals surface area contributed by atoms with E-state index in [1.54, 1.807) is 6.07 Å². The first kappa shape index (κ1) is 13.6. The van der Waals surface area contributed by atoms with Gasteiger partial charge in [0.1, 0.15) is 0 Å². The fraction of sp³-hybridized carbons (Fsp3) is 0.538. The summed E-state index contributed by atoms with van der Waals surface area (Å²) in [6, 6.07) is 2.95. The number of hydrogen-bond acceptors (Lipinski definition) is 3. The van der Waals surface area contributed by atoms with Crippen molar-refractivity contribution < 1.29 is 9.13 Å². The van der Waals surface area contributed by atoms with E-state index in [0.717, 1.165) is 18.7 Å². The van der Waals surface area contributed by atoms with Crippen molar-refractivity contribution >= 4 is 11.4 Å². The SMILES string of the molecule is CCC(C)CN(C)c1cc(OC)c(F)cc1N. The quantitative estimate of drug-likeness (QED) is 0.804. The summed E-state index contributed by atoms with van der Waals surface area (Å²) in [4.78, 5) is 2.03. The lowest BCUT2D eigenvalue weighted by Crippen LogP contribution is -2.24. The molecule has 0 aliphatic carbocycles. The van der Waals surface area contributed by atoms with Gasteiger partial charge in [-0.25, -0.2) is 4.39 Å². The zero-order valence-electron chi connectivity index (χ0n) is 11.0. The summed E-state index contributed by atoms with van der Waals surface area (Å²) in [6.45, 7) is 5.20. The van der Waals surface area contributed by atoms with Gasteiger partial charge in [0.15, 0.2) is 11.6 Å². The number of anilines is 2. The van der Waals surface area contributed by atoms with Gasteiger partial charge in [-0.2, -0.15) is 0 Å². The molecule has 0 heterocycles. The number of hydrogen-bond donors (Lipinski definition) is 1. The number of ether oxygens (including phenoxy) is 1. The van der Waals surface area contributed by atoms with Gasteiger partial charge in [0, 0.05) is 25.7 Å². The van der Waals surface area contributed by atoms with Crippen LogP contribution in [0.15, 0.2) is 12.1 Å². The molecule has 3 nitrogen and oxygen atoms in total. The van der Waals surface area contributed by atoms with E-state index in [0.29, 0.717) is 11.6 Å². The molecule has 4 heteroatoms. The molecule has 0 bridgehead atoms. The molecule has 0 fully saturated rings. The first-order valence-electron chi connectivity index (χ1n) is 5.83. The van der Waals surface area contributed by atoms with Gasteiger partial charge in [0.2, 0.25) is 0 Å². The molecule has 0 saturated carbocycles. The van der Waals surface area contributed by atoms with E-state index in [2.05, 4.69) is 13.8 Å². The summed E-state index contributed by atoms with van der Waals surface area (Å²) in [5.74, 6) is 0.367. The fourth-order valence-electron chi connectivity index (χ4n) is 1.74. The summed E-state index contributed by atoms with van der Waals surface area (Å²) in [7, 11) is 3.41. The average Bonchev–Trinajstić information content (AvgIpc) is 2.28. The number of benzene rings is 1. The predicted molar refractivity (Wildman–Crippen MR) is 70.1 cm³/mol. The van der Waals surface area contributed by atoms with E-state index >= 15 is 0 Å². The van der Waals surface area contributed by atoms with Crippen molar-refractivity contribution in [1.29, 1.82) is 0 Å². The molecule has 0 aromatic heterocycles. The molecule has 1 atom stereocenters. The summed E-state index contributed by atoms with van der Waals surface area (Å²) in [5.41, 5.74) is 7.07. The maximum Gasteiger partial charge on any atom is 0.167 e. The zero-order chi connectivity index (χ0) is 13.0. The van der Waals surface area contributed by atoms with E-state index in [4.69, 9.17) is 10.5 Å². The van der Waals surface area contributed by atoms with E-state index in [1.807, 2.05) is 11.9 Å². The molecule has 1 unspecified atom stereocenters. The lowest BCUT2D eigenvalue weighted by atomic mass is 10.1. The van der Waals surface area contributed by atoms with Crippen LogP contribution in [-0.2, 0) is 0 Å². The van der Waals surface area contributed by atoms with Crippen LogP contribution in [0.1, 0.15) is 20.3 Å². The van der Waals surface area contributed by atoms with Crippen LogP contribution < -0.4 is 15.4 Å². The van der Waals surface area contributed by atoms with Crippen LogP contribution in [0.2, 0.25) is 0 Å². The summed E-state index contributed by atoms with van der Waals surface area (Å²) < 4.78 is 18.4. The molecule has 96 valence electrons. The third-order valence-electron chi connectivity index (χ3n) is 2.99. The third kappa shape index (κ3) is 3.25. The molecule has 0 aliphatic rings. The number of nitrogens with two attached hydrogens (primary N) is 1. The van der Waals surface area contributed by atoms with Crippen LogP contribution in [0.5, 0.6) is 5.75 Å². The highest BCUT2D eigenvalue weighted by atomic mass is 19.1. The van der Waals surface area contributed by atoms with Gasteiger partial charge < -0.3 is 15.4 Å². The van der Waals surface area contributed by atoms with E-state index < -0.39 is 5.82 Å².